The Bertz CT molecular complexity index is 1960. The quantitative estimate of drug-likeness (QED) is 0.194. The van der Waals surface area contributed by atoms with Gasteiger partial charge in [0.1, 0.15) is 11.6 Å². The van der Waals surface area contributed by atoms with Crippen molar-refractivity contribution in [2.24, 2.45) is 0 Å². The zero-order chi connectivity index (χ0) is 35.9. The summed E-state index contributed by atoms with van der Waals surface area (Å²) in [5, 5.41) is 10.3. The third-order valence-corrected chi connectivity index (χ3v) is 14.0. The number of nitrogens with zero attached hydrogens (tertiary/aromatic N) is 4. The van der Waals surface area contributed by atoms with E-state index in [4.69, 9.17) is 23.9 Å². The van der Waals surface area contributed by atoms with E-state index in [-0.39, 0.29) is 16.2 Å². The van der Waals surface area contributed by atoms with Crippen molar-refractivity contribution in [2.75, 3.05) is 63.4 Å². The summed E-state index contributed by atoms with van der Waals surface area (Å²) in [7, 11) is 3.56. The van der Waals surface area contributed by atoms with Crippen LogP contribution in [0.5, 0.6) is 34.6 Å². The van der Waals surface area contributed by atoms with E-state index < -0.39 is 0 Å². The van der Waals surface area contributed by atoms with Crippen LogP contribution < -0.4 is 18.9 Å². The normalized spacial score (nSPS) is 23.0. The minimum absolute atomic E-state index is 0.121. The highest BCUT2D eigenvalue weighted by molar-refractivity contribution is 7.99. The van der Waals surface area contributed by atoms with E-state index in [2.05, 4.69) is 55.7 Å². The van der Waals surface area contributed by atoms with E-state index in [9.17, 15) is 5.26 Å². The van der Waals surface area contributed by atoms with Gasteiger partial charge in [0, 0.05) is 84.5 Å². The second kappa shape index (κ2) is 12.8. The van der Waals surface area contributed by atoms with Crippen LogP contribution >= 0.6 is 23.5 Å². The Hall–Kier alpha value is -3.10. The van der Waals surface area contributed by atoms with Gasteiger partial charge < -0.3 is 18.9 Å². The molecule has 4 heterocycles. The average molecular weight is 727 g/mol. The van der Waals surface area contributed by atoms with Gasteiger partial charge in [-0.3, -0.25) is 9.80 Å². The highest BCUT2D eigenvalue weighted by atomic mass is 32.2. The van der Waals surface area contributed by atoms with E-state index in [1.807, 2.05) is 37.4 Å². The van der Waals surface area contributed by atoms with E-state index in [1.54, 1.807) is 14.2 Å². The number of hydrogen-bond acceptors (Lipinski definition) is 10. The summed E-state index contributed by atoms with van der Waals surface area (Å²) in [6, 6.07) is 6.93. The first-order valence-corrected chi connectivity index (χ1v) is 20.6. The van der Waals surface area contributed by atoms with Crippen molar-refractivity contribution in [3.8, 4) is 40.7 Å². The van der Waals surface area contributed by atoms with Crippen LogP contribution in [-0.4, -0.2) is 78.2 Å². The van der Waals surface area contributed by atoms with Crippen molar-refractivity contribution in [1.82, 2.24) is 14.8 Å². The molecule has 3 aromatic rings. The van der Waals surface area contributed by atoms with Crippen molar-refractivity contribution in [1.29, 1.82) is 5.26 Å². The predicted molar refractivity (Wildman–Crippen MR) is 206 cm³/mol. The Morgan fingerprint density at radius 2 is 1.37 bits per heavy atom. The van der Waals surface area contributed by atoms with Crippen LogP contribution in [0.2, 0.25) is 0 Å². The van der Waals surface area contributed by atoms with Gasteiger partial charge in [-0.15, -0.1) is 0 Å². The van der Waals surface area contributed by atoms with Crippen LogP contribution in [0.3, 0.4) is 0 Å². The van der Waals surface area contributed by atoms with Crippen LogP contribution in [0.25, 0.3) is 0 Å². The third-order valence-electron chi connectivity index (χ3n) is 12.1. The van der Waals surface area contributed by atoms with Gasteiger partial charge in [-0.2, -0.15) is 28.8 Å². The maximum atomic E-state index is 10.3. The van der Waals surface area contributed by atoms with Gasteiger partial charge in [0.15, 0.2) is 23.0 Å². The van der Waals surface area contributed by atoms with Gasteiger partial charge in [-0.25, -0.2) is 4.98 Å². The Balaban J connectivity index is 1.42. The number of pyridine rings is 1. The molecular formula is C41H50N4O4S2. The number of fused-ring (bicyclic) bond motifs is 6. The molecular weight excluding hydrogens is 677 g/mol. The number of ether oxygens (including phenoxy) is 4. The average Bonchev–Trinajstić information content (AvgIpc) is 3.47. The van der Waals surface area contributed by atoms with E-state index >= 15 is 0 Å². The van der Waals surface area contributed by atoms with Gasteiger partial charge in [0.25, 0.3) is 5.88 Å². The molecule has 270 valence electrons. The molecule has 1 spiro atoms. The molecule has 3 aliphatic heterocycles. The summed E-state index contributed by atoms with van der Waals surface area (Å²) in [5.41, 5.74) is 9.42. The molecule has 0 bridgehead atoms. The Morgan fingerprint density at radius 1 is 0.804 bits per heavy atom. The maximum absolute atomic E-state index is 10.3. The number of methoxy groups -OCH3 is 2. The number of nitriles is 1. The summed E-state index contributed by atoms with van der Waals surface area (Å²) in [4.78, 5) is 9.95. The molecule has 10 heteroatoms. The summed E-state index contributed by atoms with van der Waals surface area (Å²) in [6.45, 7) is 19.2. The van der Waals surface area contributed by atoms with Gasteiger partial charge in [-0.1, -0.05) is 27.7 Å². The third kappa shape index (κ3) is 5.52. The lowest BCUT2D eigenvalue weighted by Gasteiger charge is -2.37. The first-order valence-electron chi connectivity index (χ1n) is 18.3. The lowest BCUT2D eigenvalue weighted by Crippen LogP contribution is -2.35. The zero-order valence-electron chi connectivity index (χ0n) is 31.4. The summed E-state index contributed by atoms with van der Waals surface area (Å²) in [6.07, 6.45) is 1.93. The number of aromatic nitrogens is 1. The first-order chi connectivity index (χ1) is 24.4. The van der Waals surface area contributed by atoms with Crippen LogP contribution in [0.4, 0.5) is 0 Å². The minimum atomic E-state index is -0.297. The number of thioether (sulfide) groups is 2. The SMILES string of the molecule is COc1cc2c(c(CN3CCSCC3)c1OC)C1(CC2(C)C)CC(C)(C)c2cc3c(c(CN4CCSCC4)c21)Oc1c(nc(C)c(C)c1C#N)O3. The zero-order valence-corrected chi connectivity index (χ0v) is 33.0. The maximum Gasteiger partial charge on any atom is 0.265 e. The van der Waals surface area contributed by atoms with Crippen molar-refractivity contribution >= 4 is 23.5 Å². The van der Waals surface area contributed by atoms with Crippen LogP contribution in [0.15, 0.2) is 12.1 Å². The Labute approximate surface area is 311 Å². The van der Waals surface area contributed by atoms with Gasteiger partial charge >= 0.3 is 0 Å². The second-order valence-electron chi connectivity index (χ2n) is 16.2. The van der Waals surface area contributed by atoms with Crippen molar-refractivity contribution in [3.63, 3.8) is 0 Å². The fourth-order valence-corrected chi connectivity index (χ4v) is 11.8. The molecule has 2 fully saturated rings. The first kappa shape index (κ1) is 35.0. The Morgan fingerprint density at radius 3 is 1.94 bits per heavy atom. The molecule has 2 aromatic carbocycles. The molecule has 0 saturated carbocycles. The van der Waals surface area contributed by atoms with Crippen molar-refractivity contribution in [3.05, 3.63) is 62.3 Å². The molecule has 5 aliphatic rings. The minimum Gasteiger partial charge on any atom is -0.493 e. The van der Waals surface area contributed by atoms with Crippen molar-refractivity contribution in [2.45, 2.75) is 83.7 Å². The summed E-state index contributed by atoms with van der Waals surface area (Å²) in [5.74, 6) is 8.41. The smallest absolute Gasteiger partial charge is 0.265 e. The monoisotopic (exact) mass is 726 g/mol. The van der Waals surface area contributed by atoms with E-state index in [1.165, 1.54) is 33.4 Å². The molecule has 0 radical (unpaired) electrons. The fourth-order valence-electron chi connectivity index (χ4n) is 9.87. The molecule has 1 atom stereocenters. The molecule has 1 aromatic heterocycles. The largest absolute Gasteiger partial charge is 0.493 e. The predicted octanol–water partition coefficient (Wildman–Crippen LogP) is 8.23. The van der Waals surface area contributed by atoms with E-state index in [0.717, 1.165) is 104 Å². The van der Waals surface area contributed by atoms with Crippen LogP contribution in [-0.2, 0) is 29.3 Å². The standard InChI is InChI=1S/C41H50N4O4S2/c1-24-25(2)43-38-37(26(24)19-42)49-36-28(21-45-11-15-51-16-12-45)34-30(18-32(36)48-38)40(5,6)23-41(34)22-39(3,4)29-17-31(46-7)35(47-8)27(33(29)41)20-44-9-13-50-14-10-44/h17-18H,9-16,20-23H2,1-8H3. The van der Waals surface area contributed by atoms with Crippen molar-refractivity contribution < 1.29 is 18.9 Å². The molecule has 2 aliphatic carbocycles. The van der Waals surface area contributed by atoms with Gasteiger partial charge in [0.2, 0.25) is 5.75 Å². The lowest BCUT2D eigenvalue weighted by molar-refractivity contribution is 0.275. The highest BCUT2D eigenvalue weighted by Crippen LogP contribution is 2.68. The Kier molecular flexibility index (Phi) is 8.77. The fraction of sp³-hybridized carbons (Fsp3) is 0.561. The molecule has 51 heavy (non-hydrogen) atoms. The van der Waals surface area contributed by atoms with Gasteiger partial charge in [-0.05, 0) is 77.5 Å². The summed E-state index contributed by atoms with van der Waals surface area (Å²) < 4.78 is 26.1. The lowest BCUT2D eigenvalue weighted by atomic mass is 9.70. The van der Waals surface area contributed by atoms with Crippen LogP contribution in [0, 0.1) is 25.2 Å². The molecule has 8 nitrogen and oxygen atoms in total. The second-order valence-corrected chi connectivity index (χ2v) is 18.7. The van der Waals surface area contributed by atoms with Gasteiger partial charge in [0.05, 0.1) is 14.2 Å². The highest BCUT2D eigenvalue weighted by Gasteiger charge is 2.59. The number of rotatable bonds is 6. The summed E-state index contributed by atoms with van der Waals surface area (Å²) >= 11 is 4.06. The molecule has 1 unspecified atom stereocenters. The molecule has 0 N–H and O–H groups in total. The molecule has 0 amide bonds. The topological polar surface area (TPSA) is 80.1 Å². The number of hydrogen-bond donors (Lipinski definition) is 0. The number of benzene rings is 2. The van der Waals surface area contributed by atoms with Crippen LogP contribution in [0.1, 0.15) is 90.7 Å². The molecule has 8 rings (SSSR count). The number of aryl methyl sites for hydroxylation is 1. The van der Waals surface area contributed by atoms with E-state index in [0.29, 0.717) is 22.9 Å². The molecule has 2 saturated heterocycles.